The predicted molar refractivity (Wildman–Crippen MR) is 92.9 cm³/mol. The lowest BCUT2D eigenvalue weighted by Gasteiger charge is -2.24. The minimum atomic E-state index is 0.0408. The highest BCUT2D eigenvalue weighted by atomic mass is 32.2. The summed E-state index contributed by atoms with van der Waals surface area (Å²) in [5.41, 5.74) is 4.17. The van der Waals surface area contributed by atoms with Gasteiger partial charge in [-0.1, -0.05) is 19.1 Å². The van der Waals surface area contributed by atoms with Crippen molar-refractivity contribution in [3.05, 3.63) is 29.8 Å². The van der Waals surface area contributed by atoms with E-state index in [9.17, 15) is 0 Å². The van der Waals surface area contributed by atoms with Crippen molar-refractivity contribution in [2.45, 2.75) is 25.9 Å². The number of nitrogens with one attached hydrogen (secondary N) is 1. The number of aliphatic hydroxyl groups excluding tert-OH is 1. The first-order valence-corrected chi connectivity index (χ1v) is 8.39. The van der Waals surface area contributed by atoms with Crippen molar-refractivity contribution in [2.24, 2.45) is 16.0 Å². The molecule has 2 N–H and O–H groups in total. The van der Waals surface area contributed by atoms with Crippen LogP contribution in [-0.2, 0) is 6.54 Å². The first-order valence-electron chi connectivity index (χ1n) is 7.40. The number of aliphatic imine (C=N–C) groups is 1. The Hall–Kier alpha value is -1.53. The van der Waals surface area contributed by atoms with Gasteiger partial charge in [0.15, 0.2) is 0 Å². The molecule has 0 bridgehead atoms. The predicted octanol–water partition coefficient (Wildman–Crippen LogP) is 2.30. The number of aliphatic hydroxyl groups is 1. The van der Waals surface area contributed by atoms with Gasteiger partial charge in [0.2, 0.25) is 0 Å². The van der Waals surface area contributed by atoms with Gasteiger partial charge >= 0.3 is 0 Å². The summed E-state index contributed by atoms with van der Waals surface area (Å²) in [6.45, 7) is 2.89. The van der Waals surface area contributed by atoms with E-state index in [1.165, 1.54) is 0 Å². The molecule has 5 nitrogen and oxygen atoms in total. The smallest absolute Gasteiger partial charge is 0.119 e. The normalized spacial score (nSPS) is 21.7. The molecule has 120 valence electrons. The number of benzene rings is 1. The number of ether oxygens (including phenoxy) is 1. The zero-order chi connectivity index (χ0) is 15.8. The third kappa shape index (κ3) is 5.03. The molecule has 1 aliphatic rings. The second kappa shape index (κ2) is 8.80. The van der Waals surface area contributed by atoms with E-state index in [1.54, 1.807) is 18.9 Å². The van der Waals surface area contributed by atoms with Gasteiger partial charge in [-0.15, -0.1) is 11.8 Å². The molecule has 1 unspecified atom stereocenters. The van der Waals surface area contributed by atoms with Gasteiger partial charge in [0.25, 0.3) is 0 Å². The second-order valence-corrected chi connectivity index (χ2v) is 6.36. The molecular weight excluding hydrogens is 298 g/mol. The summed E-state index contributed by atoms with van der Waals surface area (Å²) in [6.07, 6.45) is 2.66. The molecule has 0 saturated heterocycles. The summed E-state index contributed by atoms with van der Waals surface area (Å²) >= 11 is 1.65. The molecule has 1 aliphatic heterocycles. The Bertz CT molecular complexity index is 534. The van der Waals surface area contributed by atoms with Crippen LogP contribution in [0.3, 0.4) is 0 Å². The lowest BCUT2D eigenvalue weighted by atomic mass is 10.0. The zero-order valence-corrected chi connectivity index (χ0v) is 13.8. The average Bonchev–Trinajstić information content (AvgIpc) is 2.56. The van der Waals surface area contributed by atoms with Gasteiger partial charge in [-0.2, -0.15) is 5.10 Å². The Morgan fingerprint density at radius 1 is 1.55 bits per heavy atom. The lowest BCUT2D eigenvalue weighted by Crippen LogP contribution is -2.26. The zero-order valence-electron chi connectivity index (χ0n) is 13.0. The van der Waals surface area contributed by atoms with Gasteiger partial charge in [-0.25, -0.2) is 0 Å². The molecule has 0 spiro atoms. The van der Waals surface area contributed by atoms with Crippen molar-refractivity contribution in [1.29, 1.82) is 0 Å². The molecule has 1 heterocycles. The molecule has 0 fully saturated rings. The fraction of sp³-hybridized carbons (Fsp3) is 0.500. The maximum atomic E-state index is 9.17. The number of rotatable bonds is 7. The fourth-order valence-corrected chi connectivity index (χ4v) is 3.18. The van der Waals surface area contributed by atoms with Crippen LogP contribution in [0.4, 0.5) is 0 Å². The van der Waals surface area contributed by atoms with Crippen LogP contribution in [0.2, 0.25) is 0 Å². The third-order valence-corrected chi connectivity index (χ3v) is 4.82. The van der Waals surface area contributed by atoms with Crippen molar-refractivity contribution in [2.75, 3.05) is 19.5 Å². The molecule has 1 aromatic carbocycles. The van der Waals surface area contributed by atoms with Gasteiger partial charge in [-0.3, -0.25) is 4.99 Å². The van der Waals surface area contributed by atoms with Gasteiger partial charge in [0.05, 0.1) is 31.3 Å². The first kappa shape index (κ1) is 16.8. The van der Waals surface area contributed by atoms with E-state index >= 15 is 0 Å². The summed E-state index contributed by atoms with van der Waals surface area (Å²) < 4.78 is 5.19. The fourth-order valence-electron chi connectivity index (χ4n) is 2.20. The number of thioether (sulfide) groups is 1. The van der Waals surface area contributed by atoms with E-state index < -0.39 is 0 Å². The SMILES string of the molecule is COc1cccc(CN/N=C\CC2N=C(CO)SC[C@H]2C)c1. The van der Waals surface area contributed by atoms with E-state index in [4.69, 9.17) is 9.84 Å². The van der Waals surface area contributed by atoms with Crippen LogP contribution >= 0.6 is 11.8 Å². The standard InChI is InChI=1S/C16H23N3O2S/c1-12-11-22-16(10-20)19-15(12)6-7-17-18-9-13-4-3-5-14(8-13)21-2/h3-5,7-8,12,15,18,20H,6,9-11H2,1-2H3/b17-7-/t12-,15?/m1/s1. The Balaban J connectivity index is 1.78. The number of nitrogens with zero attached hydrogens (tertiary/aromatic N) is 2. The molecule has 0 amide bonds. The topological polar surface area (TPSA) is 66.2 Å². The van der Waals surface area contributed by atoms with Crippen LogP contribution in [0, 0.1) is 5.92 Å². The highest BCUT2D eigenvalue weighted by Gasteiger charge is 2.21. The number of hydrazone groups is 1. The van der Waals surface area contributed by atoms with Crippen molar-refractivity contribution in [1.82, 2.24) is 5.43 Å². The summed E-state index contributed by atoms with van der Waals surface area (Å²) in [4.78, 5) is 4.55. The minimum Gasteiger partial charge on any atom is -0.497 e. The quantitative estimate of drug-likeness (QED) is 0.597. The molecule has 1 aromatic rings. The van der Waals surface area contributed by atoms with Gasteiger partial charge in [-0.05, 0) is 23.6 Å². The molecule has 0 saturated carbocycles. The van der Waals surface area contributed by atoms with Crippen LogP contribution < -0.4 is 10.2 Å². The minimum absolute atomic E-state index is 0.0408. The lowest BCUT2D eigenvalue weighted by molar-refractivity contribution is 0.357. The second-order valence-electron chi connectivity index (χ2n) is 5.27. The number of hydrogen-bond acceptors (Lipinski definition) is 6. The van der Waals surface area contributed by atoms with Crippen molar-refractivity contribution in [3.8, 4) is 5.75 Å². The Labute approximate surface area is 135 Å². The van der Waals surface area contributed by atoms with E-state index in [1.807, 2.05) is 30.5 Å². The average molecular weight is 321 g/mol. The molecule has 0 aliphatic carbocycles. The summed E-state index contributed by atoms with van der Waals surface area (Å²) in [6, 6.07) is 8.12. The number of hydrogen-bond donors (Lipinski definition) is 2. The highest BCUT2D eigenvalue weighted by molar-refractivity contribution is 8.14. The molecule has 0 aromatic heterocycles. The molecule has 22 heavy (non-hydrogen) atoms. The monoisotopic (exact) mass is 321 g/mol. The molecule has 2 rings (SSSR count). The van der Waals surface area contributed by atoms with E-state index in [2.05, 4.69) is 22.4 Å². The largest absolute Gasteiger partial charge is 0.497 e. The van der Waals surface area contributed by atoms with Gasteiger partial charge < -0.3 is 15.3 Å². The van der Waals surface area contributed by atoms with Crippen LogP contribution in [0.15, 0.2) is 34.4 Å². The van der Waals surface area contributed by atoms with Gasteiger partial charge in [0, 0.05) is 18.4 Å². The Morgan fingerprint density at radius 3 is 3.18 bits per heavy atom. The molecule has 0 radical (unpaired) electrons. The Kier molecular flexibility index (Phi) is 6.74. The first-order chi connectivity index (χ1) is 10.7. The van der Waals surface area contributed by atoms with Gasteiger partial charge in [0.1, 0.15) is 5.75 Å². The maximum Gasteiger partial charge on any atom is 0.119 e. The van der Waals surface area contributed by atoms with Crippen molar-refractivity contribution >= 4 is 23.0 Å². The van der Waals surface area contributed by atoms with E-state index in [0.717, 1.165) is 28.5 Å². The molecular formula is C16H23N3O2S. The van der Waals surface area contributed by atoms with Crippen LogP contribution in [0.5, 0.6) is 5.75 Å². The van der Waals surface area contributed by atoms with E-state index in [-0.39, 0.29) is 12.6 Å². The molecule has 6 heteroatoms. The number of methoxy groups -OCH3 is 1. The third-order valence-electron chi connectivity index (χ3n) is 3.56. The van der Waals surface area contributed by atoms with Crippen molar-refractivity contribution < 1.29 is 9.84 Å². The van der Waals surface area contributed by atoms with Crippen LogP contribution in [0.25, 0.3) is 0 Å². The van der Waals surface area contributed by atoms with Crippen LogP contribution in [-0.4, -0.2) is 41.9 Å². The van der Waals surface area contributed by atoms with Crippen molar-refractivity contribution in [3.63, 3.8) is 0 Å². The summed E-state index contributed by atoms with van der Waals surface area (Å²) in [5, 5.41) is 14.2. The molecule has 2 atom stereocenters. The van der Waals surface area contributed by atoms with Crippen LogP contribution in [0.1, 0.15) is 18.9 Å². The highest BCUT2D eigenvalue weighted by Crippen LogP contribution is 2.24. The maximum absolute atomic E-state index is 9.17. The summed E-state index contributed by atoms with van der Waals surface area (Å²) in [7, 11) is 1.66. The van der Waals surface area contributed by atoms with E-state index in [0.29, 0.717) is 12.5 Å². The summed E-state index contributed by atoms with van der Waals surface area (Å²) in [5.74, 6) is 2.36. The Morgan fingerprint density at radius 2 is 2.41 bits per heavy atom.